The lowest BCUT2D eigenvalue weighted by Crippen LogP contribution is -1.99. The second-order valence-electron chi connectivity index (χ2n) is 4.18. The van der Waals surface area contributed by atoms with E-state index in [1.807, 2.05) is 31.2 Å². The van der Waals surface area contributed by atoms with E-state index in [0.717, 1.165) is 23.3 Å². The highest BCUT2D eigenvalue weighted by Crippen LogP contribution is 2.13. The van der Waals surface area contributed by atoms with Crippen molar-refractivity contribution in [1.82, 2.24) is 0 Å². The Labute approximate surface area is 110 Å². The number of carbonyl (C=O) groups excluding carboxylic acids is 1. The zero-order valence-electron chi connectivity index (χ0n) is 10.4. The van der Waals surface area contributed by atoms with Gasteiger partial charge in [-0.1, -0.05) is 30.3 Å². The predicted molar refractivity (Wildman–Crippen MR) is 70.9 cm³/mol. The maximum atomic E-state index is 13.4. The number of allylic oxidation sites excluding steroid dienone is 1. The molecule has 96 valence electrons. The fourth-order valence-corrected chi connectivity index (χ4v) is 1.72. The zero-order valence-corrected chi connectivity index (χ0v) is 10.4. The van der Waals surface area contributed by atoms with Crippen molar-refractivity contribution in [1.29, 1.82) is 0 Å². The molecule has 0 radical (unpaired) electrons. The molecule has 2 aromatic carbocycles. The first-order valence-corrected chi connectivity index (χ1v) is 5.81. The molecule has 0 aliphatic heterocycles. The Hall–Kier alpha value is -2.29. The Kier molecular flexibility index (Phi) is 3.85. The van der Waals surface area contributed by atoms with Crippen LogP contribution in [0.15, 0.2) is 48.5 Å². The molecule has 2 rings (SSSR count). The van der Waals surface area contributed by atoms with E-state index in [2.05, 4.69) is 0 Å². The minimum Gasteiger partial charge on any atom is -0.289 e. The van der Waals surface area contributed by atoms with Gasteiger partial charge in [0, 0.05) is 6.07 Å². The number of hydrogen-bond donors (Lipinski definition) is 0. The van der Waals surface area contributed by atoms with E-state index in [4.69, 9.17) is 0 Å². The van der Waals surface area contributed by atoms with Crippen molar-refractivity contribution in [3.8, 4) is 0 Å². The lowest BCUT2D eigenvalue weighted by atomic mass is 10.1. The summed E-state index contributed by atoms with van der Waals surface area (Å²) in [6.45, 7) is 1.92. The molecule has 3 heteroatoms. The van der Waals surface area contributed by atoms with Crippen LogP contribution in [0.2, 0.25) is 0 Å². The number of carbonyl (C=O) groups is 1. The fraction of sp³-hybridized carbons (Fsp3) is 0.0625. The molecular weight excluding hydrogens is 246 g/mol. The molecule has 0 amide bonds. The van der Waals surface area contributed by atoms with Crippen molar-refractivity contribution in [3.05, 3.63) is 76.9 Å². The van der Waals surface area contributed by atoms with Crippen LogP contribution in [-0.4, -0.2) is 5.78 Å². The van der Waals surface area contributed by atoms with Crippen LogP contribution in [0.4, 0.5) is 8.78 Å². The normalized spacial score (nSPS) is 10.9. The van der Waals surface area contributed by atoms with Gasteiger partial charge in [0.15, 0.2) is 5.78 Å². The number of aryl methyl sites for hydroxylation is 1. The molecule has 2 aromatic rings. The van der Waals surface area contributed by atoms with Gasteiger partial charge in [-0.25, -0.2) is 8.78 Å². The molecule has 0 saturated heterocycles. The molecule has 0 bridgehead atoms. The molecule has 0 spiro atoms. The van der Waals surface area contributed by atoms with Gasteiger partial charge in [0.25, 0.3) is 0 Å². The van der Waals surface area contributed by atoms with Crippen LogP contribution < -0.4 is 0 Å². The third kappa shape index (κ3) is 3.13. The predicted octanol–water partition coefficient (Wildman–Crippen LogP) is 4.17. The first-order valence-electron chi connectivity index (χ1n) is 5.81. The Morgan fingerprint density at radius 3 is 2.53 bits per heavy atom. The van der Waals surface area contributed by atoms with E-state index in [1.165, 1.54) is 6.08 Å². The minimum atomic E-state index is -0.848. The van der Waals surface area contributed by atoms with E-state index in [0.29, 0.717) is 6.07 Å². The highest BCUT2D eigenvalue weighted by molar-refractivity contribution is 6.07. The van der Waals surface area contributed by atoms with Crippen molar-refractivity contribution < 1.29 is 13.6 Å². The molecule has 19 heavy (non-hydrogen) atoms. The second kappa shape index (κ2) is 5.57. The SMILES string of the molecule is Cc1ccccc1C=CC(=O)c1ccc(F)cc1F. The topological polar surface area (TPSA) is 17.1 Å². The van der Waals surface area contributed by atoms with Gasteiger partial charge in [-0.05, 0) is 36.3 Å². The van der Waals surface area contributed by atoms with Crippen LogP contribution in [0.25, 0.3) is 6.08 Å². The van der Waals surface area contributed by atoms with Crippen LogP contribution in [-0.2, 0) is 0 Å². The lowest BCUT2D eigenvalue weighted by Gasteiger charge is -2.00. The van der Waals surface area contributed by atoms with Crippen LogP contribution >= 0.6 is 0 Å². The summed E-state index contributed by atoms with van der Waals surface area (Å²) in [5, 5.41) is 0. The monoisotopic (exact) mass is 258 g/mol. The Morgan fingerprint density at radius 1 is 1.11 bits per heavy atom. The van der Waals surface area contributed by atoms with E-state index in [1.54, 1.807) is 6.08 Å². The number of benzene rings is 2. The first-order chi connectivity index (χ1) is 9.08. The van der Waals surface area contributed by atoms with Gasteiger partial charge in [-0.3, -0.25) is 4.79 Å². The van der Waals surface area contributed by atoms with Crippen molar-refractivity contribution >= 4 is 11.9 Å². The third-order valence-electron chi connectivity index (χ3n) is 2.80. The summed E-state index contributed by atoms with van der Waals surface area (Å²) in [4.78, 5) is 11.8. The smallest absolute Gasteiger partial charge is 0.188 e. The third-order valence-corrected chi connectivity index (χ3v) is 2.80. The van der Waals surface area contributed by atoms with Crippen molar-refractivity contribution in [2.24, 2.45) is 0 Å². The Bertz CT molecular complexity index is 645. The molecule has 0 N–H and O–H groups in total. The quantitative estimate of drug-likeness (QED) is 0.596. The van der Waals surface area contributed by atoms with Gasteiger partial charge in [0.1, 0.15) is 11.6 Å². The van der Waals surface area contributed by atoms with E-state index < -0.39 is 17.4 Å². The number of rotatable bonds is 3. The van der Waals surface area contributed by atoms with Gasteiger partial charge < -0.3 is 0 Å². The molecule has 0 saturated carbocycles. The van der Waals surface area contributed by atoms with Gasteiger partial charge in [-0.15, -0.1) is 0 Å². The molecule has 0 atom stereocenters. The zero-order chi connectivity index (χ0) is 13.8. The Morgan fingerprint density at radius 2 is 1.84 bits per heavy atom. The molecule has 0 fully saturated rings. The number of ketones is 1. The molecule has 0 heterocycles. The largest absolute Gasteiger partial charge is 0.289 e. The molecular formula is C16H12F2O. The summed E-state index contributed by atoms with van der Waals surface area (Å²) in [5.74, 6) is -2.03. The molecule has 1 nitrogen and oxygen atoms in total. The summed E-state index contributed by atoms with van der Waals surface area (Å²) < 4.78 is 26.2. The number of halogens is 2. The molecule has 0 aliphatic carbocycles. The first kappa shape index (κ1) is 13.1. The minimum absolute atomic E-state index is 0.133. The number of hydrogen-bond acceptors (Lipinski definition) is 1. The average Bonchev–Trinajstić information content (AvgIpc) is 2.37. The fourth-order valence-electron chi connectivity index (χ4n) is 1.72. The van der Waals surface area contributed by atoms with Gasteiger partial charge in [0.2, 0.25) is 0 Å². The molecule has 0 aromatic heterocycles. The summed E-state index contributed by atoms with van der Waals surface area (Å²) >= 11 is 0. The van der Waals surface area contributed by atoms with Crippen LogP contribution in [0, 0.1) is 18.6 Å². The van der Waals surface area contributed by atoms with Crippen LogP contribution in [0.3, 0.4) is 0 Å². The standard InChI is InChI=1S/C16H12F2O/c1-11-4-2-3-5-12(11)6-9-16(19)14-8-7-13(17)10-15(14)18/h2-10H,1H3. The summed E-state index contributed by atoms with van der Waals surface area (Å²) in [6, 6.07) is 10.5. The van der Waals surface area contributed by atoms with Crippen LogP contribution in [0.5, 0.6) is 0 Å². The maximum Gasteiger partial charge on any atom is 0.188 e. The summed E-state index contributed by atoms with van der Waals surface area (Å²) in [7, 11) is 0. The highest BCUT2D eigenvalue weighted by Gasteiger charge is 2.09. The highest BCUT2D eigenvalue weighted by atomic mass is 19.1. The van der Waals surface area contributed by atoms with Gasteiger partial charge >= 0.3 is 0 Å². The maximum absolute atomic E-state index is 13.4. The lowest BCUT2D eigenvalue weighted by molar-refractivity contribution is 0.104. The van der Waals surface area contributed by atoms with Crippen LogP contribution in [0.1, 0.15) is 21.5 Å². The van der Waals surface area contributed by atoms with E-state index >= 15 is 0 Å². The van der Waals surface area contributed by atoms with Crippen molar-refractivity contribution in [3.63, 3.8) is 0 Å². The van der Waals surface area contributed by atoms with Gasteiger partial charge in [-0.2, -0.15) is 0 Å². The molecule has 0 unspecified atom stereocenters. The van der Waals surface area contributed by atoms with Gasteiger partial charge in [0.05, 0.1) is 5.56 Å². The van der Waals surface area contributed by atoms with Crippen molar-refractivity contribution in [2.45, 2.75) is 6.92 Å². The average molecular weight is 258 g/mol. The van der Waals surface area contributed by atoms with E-state index in [9.17, 15) is 13.6 Å². The second-order valence-corrected chi connectivity index (χ2v) is 4.18. The Balaban J connectivity index is 2.24. The molecule has 0 aliphatic rings. The van der Waals surface area contributed by atoms with E-state index in [-0.39, 0.29) is 5.56 Å². The van der Waals surface area contributed by atoms with Crippen molar-refractivity contribution in [2.75, 3.05) is 0 Å². The summed E-state index contributed by atoms with van der Waals surface area (Å²) in [5.41, 5.74) is 1.77. The summed E-state index contributed by atoms with van der Waals surface area (Å²) in [6.07, 6.45) is 2.92.